The number of methoxy groups -OCH3 is 1. The Kier molecular flexibility index (Phi) is 7.62. The van der Waals surface area contributed by atoms with Crippen LogP contribution in [0.5, 0.6) is 17.2 Å². The minimum absolute atomic E-state index is 0.520. The molecule has 0 aromatic heterocycles. The van der Waals surface area contributed by atoms with E-state index in [1.807, 2.05) is 18.2 Å². The summed E-state index contributed by atoms with van der Waals surface area (Å²) in [5, 5.41) is 0. The molecule has 0 N–H and O–H groups in total. The summed E-state index contributed by atoms with van der Waals surface area (Å²) < 4.78 is 28.9. The van der Waals surface area contributed by atoms with Gasteiger partial charge in [-0.15, -0.1) is 0 Å². The van der Waals surface area contributed by atoms with E-state index in [4.69, 9.17) is 13.7 Å². The number of ether oxygens (including phenoxy) is 2. The highest BCUT2D eigenvalue weighted by Gasteiger charge is 2.13. The van der Waals surface area contributed by atoms with Crippen molar-refractivity contribution >= 4 is 11.1 Å². The maximum atomic E-state index is 12.5. The molecule has 0 saturated carbocycles. The fraction of sp³-hybridized carbons (Fsp3) is 0.368. The first-order valence-electron chi connectivity index (χ1n) is 8.20. The van der Waals surface area contributed by atoms with E-state index in [-0.39, 0.29) is 0 Å². The van der Waals surface area contributed by atoms with Gasteiger partial charge in [0, 0.05) is 0 Å². The van der Waals surface area contributed by atoms with Crippen LogP contribution in [-0.2, 0) is 11.1 Å². The molecule has 0 aliphatic heterocycles. The summed E-state index contributed by atoms with van der Waals surface area (Å²) in [6.45, 7) is 2.80. The average molecular weight is 348 g/mol. The van der Waals surface area contributed by atoms with E-state index >= 15 is 0 Å². The summed E-state index contributed by atoms with van der Waals surface area (Å²) >= 11 is -1.63. The van der Waals surface area contributed by atoms with E-state index < -0.39 is 11.1 Å². The van der Waals surface area contributed by atoms with Crippen LogP contribution in [0.2, 0.25) is 0 Å². The zero-order chi connectivity index (χ0) is 17.2. The lowest BCUT2D eigenvalue weighted by Gasteiger charge is -2.11. The molecule has 1 atom stereocenters. The number of rotatable bonds is 10. The maximum absolute atomic E-state index is 12.5. The Bertz CT molecular complexity index is 640. The predicted octanol–water partition coefficient (Wildman–Crippen LogP) is 4.76. The molecule has 0 aliphatic carbocycles. The molecule has 2 rings (SSSR count). The lowest BCUT2D eigenvalue weighted by Crippen LogP contribution is -2.05. The Hall–Kier alpha value is -2.01. The third-order valence-corrected chi connectivity index (χ3v) is 4.56. The van der Waals surface area contributed by atoms with Crippen LogP contribution in [0.15, 0.2) is 53.4 Å². The van der Waals surface area contributed by atoms with Gasteiger partial charge in [0.2, 0.25) is 11.1 Å². The van der Waals surface area contributed by atoms with Crippen molar-refractivity contribution in [3.8, 4) is 17.2 Å². The molecule has 0 fully saturated rings. The molecule has 2 aromatic rings. The lowest BCUT2D eigenvalue weighted by atomic mass is 10.2. The van der Waals surface area contributed by atoms with Crippen LogP contribution >= 0.6 is 0 Å². The van der Waals surface area contributed by atoms with Crippen LogP contribution in [0.1, 0.15) is 32.6 Å². The van der Waals surface area contributed by atoms with Gasteiger partial charge in [-0.3, -0.25) is 0 Å². The number of benzene rings is 2. The van der Waals surface area contributed by atoms with Crippen molar-refractivity contribution in [3.63, 3.8) is 0 Å². The van der Waals surface area contributed by atoms with E-state index in [1.165, 1.54) is 12.8 Å². The van der Waals surface area contributed by atoms with E-state index in [0.29, 0.717) is 23.0 Å². The largest absolute Gasteiger partial charge is 0.497 e. The molecule has 130 valence electrons. The molecule has 0 amide bonds. The van der Waals surface area contributed by atoms with Crippen LogP contribution < -0.4 is 13.7 Å². The Morgan fingerprint density at radius 1 is 0.917 bits per heavy atom. The van der Waals surface area contributed by atoms with Gasteiger partial charge in [-0.1, -0.05) is 38.3 Å². The predicted molar refractivity (Wildman–Crippen MR) is 96.1 cm³/mol. The zero-order valence-electron chi connectivity index (χ0n) is 14.2. The van der Waals surface area contributed by atoms with Crippen molar-refractivity contribution in [2.45, 2.75) is 37.5 Å². The topological polar surface area (TPSA) is 44.8 Å². The second-order valence-corrected chi connectivity index (χ2v) is 6.43. The van der Waals surface area contributed by atoms with Gasteiger partial charge in [0.25, 0.3) is 0 Å². The SMILES string of the molecule is CCCCCCOc1ccccc1S(=O)Oc1ccc(OC)cc1. The quantitative estimate of drug-likeness (QED) is 0.581. The van der Waals surface area contributed by atoms with Crippen LogP contribution in [0.4, 0.5) is 0 Å². The Morgan fingerprint density at radius 3 is 2.33 bits per heavy atom. The van der Waals surface area contributed by atoms with Gasteiger partial charge in [-0.25, -0.2) is 4.21 Å². The van der Waals surface area contributed by atoms with Crippen molar-refractivity contribution in [1.29, 1.82) is 0 Å². The van der Waals surface area contributed by atoms with Crippen LogP contribution in [0.3, 0.4) is 0 Å². The summed E-state index contributed by atoms with van der Waals surface area (Å²) in [7, 11) is 1.60. The first kappa shape index (κ1) is 18.3. The van der Waals surface area contributed by atoms with Gasteiger partial charge in [-0.2, -0.15) is 0 Å². The van der Waals surface area contributed by atoms with Crippen molar-refractivity contribution in [2.24, 2.45) is 0 Å². The van der Waals surface area contributed by atoms with Gasteiger partial charge in [-0.05, 0) is 42.8 Å². The van der Waals surface area contributed by atoms with E-state index in [0.717, 1.165) is 18.6 Å². The molecule has 0 saturated heterocycles. The Balaban J connectivity index is 1.97. The van der Waals surface area contributed by atoms with Crippen LogP contribution in [0.25, 0.3) is 0 Å². The summed E-state index contributed by atoms with van der Waals surface area (Å²) in [6, 6.07) is 14.3. The molecule has 4 nitrogen and oxygen atoms in total. The number of unbranched alkanes of at least 4 members (excludes halogenated alkanes) is 3. The van der Waals surface area contributed by atoms with Gasteiger partial charge in [0.15, 0.2) is 0 Å². The van der Waals surface area contributed by atoms with E-state index in [1.54, 1.807) is 37.4 Å². The highest BCUT2D eigenvalue weighted by molar-refractivity contribution is 7.80. The number of hydrogen-bond donors (Lipinski definition) is 0. The van der Waals surface area contributed by atoms with Gasteiger partial charge in [0.1, 0.15) is 22.1 Å². The molecule has 0 heterocycles. The molecule has 5 heteroatoms. The maximum Gasteiger partial charge on any atom is 0.244 e. The molecule has 2 aromatic carbocycles. The molecular formula is C19H24O4S. The first-order chi connectivity index (χ1) is 11.7. The molecule has 1 unspecified atom stereocenters. The monoisotopic (exact) mass is 348 g/mol. The molecule has 0 spiro atoms. The minimum atomic E-state index is -1.63. The normalized spacial score (nSPS) is 11.8. The second kappa shape index (κ2) is 9.98. The van der Waals surface area contributed by atoms with Crippen LogP contribution in [-0.4, -0.2) is 17.9 Å². The van der Waals surface area contributed by atoms with Crippen LogP contribution in [0, 0.1) is 0 Å². The van der Waals surface area contributed by atoms with Gasteiger partial charge in [0.05, 0.1) is 13.7 Å². The highest BCUT2D eigenvalue weighted by Crippen LogP contribution is 2.25. The molecule has 0 aliphatic rings. The average Bonchev–Trinajstić information content (AvgIpc) is 2.62. The number of para-hydroxylation sites is 1. The smallest absolute Gasteiger partial charge is 0.244 e. The van der Waals surface area contributed by atoms with Crippen molar-refractivity contribution in [2.75, 3.05) is 13.7 Å². The van der Waals surface area contributed by atoms with Crippen molar-refractivity contribution < 1.29 is 17.9 Å². The van der Waals surface area contributed by atoms with Gasteiger partial charge < -0.3 is 13.7 Å². The second-order valence-electron chi connectivity index (χ2n) is 5.35. The van der Waals surface area contributed by atoms with E-state index in [2.05, 4.69) is 6.92 Å². The molecule has 0 bridgehead atoms. The zero-order valence-corrected chi connectivity index (χ0v) is 15.0. The highest BCUT2D eigenvalue weighted by atomic mass is 32.2. The summed E-state index contributed by atoms with van der Waals surface area (Å²) in [5.41, 5.74) is 0. The van der Waals surface area contributed by atoms with Crippen molar-refractivity contribution in [1.82, 2.24) is 0 Å². The van der Waals surface area contributed by atoms with Crippen molar-refractivity contribution in [3.05, 3.63) is 48.5 Å². The van der Waals surface area contributed by atoms with E-state index in [9.17, 15) is 4.21 Å². The fourth-order valence-electron chi connectivity index (χ4n) is 2.18. The Morgan fingerprint density at radius 2 is 1.62 bits per heavy atom. The fourth-order valence-corrected chi connectivity index (χ4v) is 3.04. The first-order valence-corrected chi connectivity index (χ1v) is 9.28. The summed E-state index contributed by atoms with van der Waals surface area (Å²) in [6.07, 6.45) is 4.53. The minimum Gasteiger partial charge on any atom is -0.497 e. The third-order valence-electron chi connectivity index (χ3n) is 3.52. The standard InChI is InChI=1S/C19H24O4S/c1-3-4-5-8-15-22-18-9-6-7-10-19(18)24(20)23-17-13-11-16(21-2)12-14-17/h6-7,9-14H,3-5,8,15H2,1-2H3. The van der Waals surface area contributed by atoms with Gasteiger partial charge >= 0.3 is 0 Å². The molecule has 0 radical (unpaired) electrons. The molecular weight excluding hydrogens is 324 g/mol. The lowest BCUT2D eigenvalue weighted by molar-refractivity contribution is 0.297. The molecule has 24 heavy (non-hydrogen) atoms. The summed E-state index contributed by atoms with van der Waals surface area (Å²) in [5.74, 6) is 1.86. The third kappa shape index (κ3) is 5.57. The number of hydrogen-bond acceptors (Lipinski definition) is 4. The Labute approximate surface area is 146 Å². The summed E-state index contributed by atoms with van der Waals surface area (Å²) in [4.78, 5) is 0.545.